The van der Waals surface area contributed by atoms with E-state index >= 15 is 0 Å². The van der Waals surface area contributed by atoms with E-state index in [2.05, 4.69) is 37.9 Å². The molecule has 0 aliphatic heterocycles. The van der Waals surface area contributed by atoms with Crippen LogP contribution >= 0.6 is 0 Å². The van der Waals surface area contributed by atoms with E-state index in [9.17, 15) is 0 Å². The van der Waals surface area contributed by atoms with Crippen LogP contribution in [0.4, 0.5) is 0 Å². The zero-order valence-electron chi connectivity index (χ0n) is 12.8. The maximum atomic E-state index is 5.80. The zero-order valence-corrected chi connectivity index (χ0v) is 12.8. The molecule has 106 valence electrons. The molecule has 0 saturated heterocycles. The average Bonchev–Trinajstić information content (AvgIpc) is 2.35. The quantitative estimate of drug-likeness (QED) is 0.926. The second kappa shape index (κ2) is 6.14. The summed E-state index contributed by atoms with van der Waals surface area (Å²) in [5.41, 5.74) is 11.8. The Hall–Kier alpha value is -1.74. The lowest BCUT2D eigenvalue weighted by atomic mass is 9.97. The number of nitrogens with zero attached hydrogens (tertiary/aromatic N) is 2. The fraction of sp³-hybridized carbons (Fsp3) is 0.412. The van der Waals surface area contributed by atoms with Crippen LogP contribution in [-0.2, 0) is 6.42 Å². The van der Waals surface area contributed by atoms with Crippen LogP contribution < -0.4 is 5.73 Å². The van der Waals surface area contributed by atoms with E-state index in [1.54, 1.807) is 0 Å². The molecule has 0 saturated carbocycles. The van der Waals surface area contributed by atoms with Crippen LogP contribution in [0.2, 0.25) is 0 Å². The molecule has 2 aromatic rings. The van der Waals surface area contributed by atoms with Gasteiger partial charge in [-0.2, -0.15) is 0 Å². The van der Waals surface area contributed by atoms with E-state index in [0.717, 1.165) is 24.4 Å². The first-order chi connectivity index (χ1) is 9.47. The number of nitrogens with two attached hydrogens (primary N) is 1. The van der Waals surface area contributed by atoms with Crippen molar-refractivity contribution >= 4 is 0 Å². The van der Waals surface area contributed by atoms with Crippen LogP contribution in [-0.4, -0.2) is 16.0 Å². The minimum atomic E-state index is 0.185. The Morgan fingerprint density at radius 1 is 1.15 bits per heavy atom. The van der Waals surface area contributed by atoms with Gasteiger partial charge in [-0.3, -0.25) is 0 Å². The maximum Gasteiger partial charge on any atom is 0.129 e. The van der Waals surface area contributed by atoms with Gasteiger partial charge in [-0.15, -0.1) is 0 Å². The zero-order chi connectivity index (χ0) is 14.7. The summed E-state index contributed by atoms with van der Waals surface area (Å²) >= 11 is 0. The Labute approximate surface area is 121 Å². The van der Waals surface area contributed by atoms with Gasteiger partial charge in [0.2, 0.25) is 0 Å². The summed E-state index contributed by atoms with van der Waals surface area (Å²) in [6.45, 7) is 8.41. The van der Waals surface area contributed by atoms with Crippen molar-refractivity contribution in [2.45, 2.75) is 46.6 Å². The van der Waals surface area contributed by atoms with Crippen LogP contribution in [0.5, 0.6) is 0 Å². The van der Waals surface area contributed by atoms with Gasteiger partial charge in [0.1, 0.15) is 5.82 Å². The minimum absolute atomic E-state index is 0.185. The molecule has 3 nitrogen and oxygen atoms in total. The minimum Gasteiger partial charge on any atom is -0.328 e. The van der Waals surface area contributed by atoms with Crippen molar-refractivity contribution in [1.29, 1.82) is 0 Å². The monoisotopic (exact) mass is 269 g/mol. The number of hydrogen-bond acceptors (Lipinski definition) is 3. The van der Waals surface area contributed by atoms with Crippen LogP contribution in [0.1, 0.15) is 35.9 Å². The average molecular weight is 269 g/mol. The van der Waals surface area contributed by atoms with Gasteiger partial charge in [0.25, 0.3) is 0 Å². The molecule has 1 aromatic heterocycles. The second-order valence-electron chi connectivity index (χ2n) is 5.65. The SMILES string of the molecule is Cc1cc(C)c(-c2ccnc(CCC(C)N)n2)c(C)c1. The van der Waals surface area contributed by atoms with Crippen molar-refractivity contribution in [3.8, 4) is 11.3 Å². The molecule has 1 heterocycles. The van der Waals surface area contributed by atoms with Crippen LogP contribution in [0, 0.1) is 20.8 Å². The summed E-state index contributed by atoms with van der Waals surface area (Å²) in [5.74, 6) is 0.874. The number of hydrogen-bond donors (Lipinski definition) is 1. The molecule has 0 aliphatic rings. The fourth-order valence-corrected chi connectivity index (χ4v) is 2.60. The van der Waals surface area contributed by atoms with E-state index in [1.165, 1.54) is 22.3 Å². The fourth-order valence-electron chi connectivity index (χ4n) is 2.60. The van der Waals surface area contributed by atoms with Gasteiger partial charge in [0, 0.05) is 24.2 Å². The van der Waals surface area contributed by atoms with Gasteiger partial charge in [-0.25, -0.2) is 9.97 Å². The Balaban J connectivity index is 2.36. The Morgan fingerprint density at radius 2 is 1.80 bits per heavy atom. The molecule has 1 atom stereocenters. The lowest BCUT2D eigenvalue weighted by Gasteiger charge is -2.12. The third-order valence-electron chi connectivity index (χ3n) is 3.46. The summed E-state index contributed by atoms with van der Waals surface area (Å²) in [6.07, 6.45) is 3.59. The van der Waals surface area contributed by atoms with E-state index in [0.29, 0.717) is 0 Å². The van der Waals surface area contributed by atoms with Gasteiger partial charge in [-0.1, -0.05) is 17.7 Å². The highest BCUT2D eigenvalue weighted by Gasteiger charge is 2.09. The first-order valence-electron chi connectivity index (χ1n) is 7.13. The van der Waals surface area contributed by atoms with Crippen molar-refractivity contribution in [2.24, 2.45) is 5.73 Å². The molecule has 3 heteroatoms. The predicted molar refractivity (Wildman–Crippen MR) is 83.6 cm³/mol. The Morgan fingerprint density at radius 3 is 2.40 bits per heavy atom. The summed E-state index contributed by atoms with van der Waals surface area (Å²) < 4.78 is 0. The largest absolute Gasteiger partial charge is 0.328 e. The summed E-state index contributed by atoms with van der Waals surface area (Å²) in [4.78, 5) is 9.05. The first-order valence-corrected chi connectivity index (χ1v) is 7.13. The Kier molecular flexibility index (Phi) is 4.50. The maximum absolute atomic E-state index is 5.80. The molecular formula is C17H23N3. The lowest BCUT2D eigenvalue weighted by Crippen LogP contribution is -2.16. The molecule has 0 fully saturated rings. The highest BCUT2D eigenvalue weighted by Crippen LogP contribution is 2.26. The standard InChI is InChI=1S/C17H23N3/c1-11-9-12(2)17(13(3)10-11)15-7-8-19-16(20-15)6-5-14(4)18/h7-10,14H,5-6,18H2,1-4H3. The van der Waals surface area contributed by atoms with Gasteiger partial charge in [-0.05, 0) is 51.3 Å². The van der Waals surface area contributed by atoms with Crippen molar-refractivity contribution in [1.82, 2.24) is 9.97 Å². The third-order valence-corrected chi connectivity index (χ3v) is 3.46. The van der Waals surface area contributed by atoms with Crippen LogP contribution in [0.15, 0.2) is 24.4 Å². The van der Waals surface area contributed by atoms with Crippen molar-refractivity contribution in [3.63, 3.8) is 0 Å². The molecule has 20 heavy (non-hydrogen) atoms. The van der Waals surface area contributed by atoms with Crippen LogP contribution in [0.25, 0.3) is 11.3 Å². The van der Waals surface area contributed by atoms with Gasteiger partial charge in [0.15, 0.2) is 0 Å². The van der Waals surface area contributed by atoms with Gasteiger partial charge >= 0.3 is 0 Å². The molecule has 2 N–H and O–H groups in total. The molecule has 0 spiro atoms. The van der Waals surface area contributed by atoms with E-state index in [1.807, 2.05) is 19.2 Å². The number of rotatable bonds is 4. The topological polar surface area (TPSA) is 51.8 Å². The lowest BCUT2D eigenvalue weighted by molar-refractivity contribution is 0.648. The molecule has 0 bridgehead atoms. The second-order valence-corrected chi connectivity index (χ2v) is 5.65. The van der Waals surface area contributed by atoms with E-state index < -0.39 is 0 Å². The summed E-state index contributed by atoms with van der Waals surface area (Å²) in [7, 11) is 0. The van der Waals surface area contributed by atoms with Gasteiger partial charge in [0.05, 0.1) is 5.69 Å². The summed E-state index contributed by atoms with van der Waals surface area (Å²) in [6, 6.07) is 6.57. The summed E-state index contributed by atoms with van der Waals surface area (Å²) in [5, 5.41) is 0. The molecule has 0 amide bonds. The molecule has 0 aliphatic carbocycles. The smallest absolute Gasteiger partial charge is 0.129 e. The number of benzene rings is 1. The molecule has 1 aromatic carbocycles. The predicted octanol–water partition coefficient (Wildman–Crippen LogP) is 3.35. The van der Waals surface area contributed by atoms with Crippen molar-refractivity contribution in [2.75, 3.05) is 0 Å². The van der Waals surface area contributed by atoms with E-state index in [-0.39, 0.29) is 6.04 Å². The Bertz CT molecular complexity index is 580. The molecular weight excluding hydrogens is 246 g/mol. The van der Waals surface area contributed by atoms with E-state index in [4.69, 9.17) is 10.7 Å². The number of aromatic nitrogens is 2. The molecule has 1 unspecified atom stereocenters. The normalized spacial score (nSPS) is 12.4. The number of aryl methyl sites for hydroxylation is 4. The van der Waals surface area contributed by atoms with Crippen molar-refractivity contribution < 1.29 is 0 Å². The van der Waals surface area contributed by atoms with Crippen LogP contribution in [0.3, 0.4) is 0 Å². The highest BCUT2D eigenvalue weighted by atomic mass is 14.9. The highest BCUT2D eigenvalue weighted by molar-refractivity contribution is 5.67. The molecule has 2 rings (SSSR count). The van der Waals surface area contributed by atoms with Gasteiger partial charge < -0.3 is 5.73 Å². The third kappa shape index (κ3) is 3.42. The first kappa shape index (κ1) is 14.7. The molecule has 0 radical (unpaired) electrons. The van der Waals surface area contributed by atoms with Crippen molar-refractivity contribution in [3.05, 3.63) is 46.9 Å².